The van der Waals surface area contributed by atoms with Gasteiger partial charge in [-0.25, -0.2) is 4.79 Å². The molecule has 0 saturated heterocycles. The maximum atomic E-state index is 11.9. The standard InChI is InChI=1S/C13H17NO5/c1-4-17-10-8-7-9(12(14-10)18-5-2)11(15)13(16)19-6-3/h7-8H,4-6H2,1-3H3. The molecule has 1 heterocycles. The molecule has 6 nitrogen and oxygen atoms in total. The van der Waals surface area contributed by atoms with E-state index in [4.69, 9.17) is 9.47 Å². The van der Waals surface area contributed by atoms with Gasteiger partial charge in [0, 0.05) is 6.07 Å². The Balaban J connectivity index is 3.04. The molecule has 1 rings (SSSR count). The van der Waals surface area contributed by atoms with Gasteiger partial charge >= 0.3 is 5.97 Å². The van der Waals surface area contributed by atoms with Crippen molar-refractivity contribution in [1.29, 1.82) is 0 Å². The zero-order valence-corrected chi connectivity index (χ0v) is 11.3. The van der Waals surface area contributed by atoms with Gasteiger partial charge in [0.15, 0.2) is 0 Å². The monoisotopic (exact) mass is 267 g/mol. The largest absolute Gasteiger partial charge is 0.478 e. The summed E-state index contributed by atoms with van der Waals surface area (Å²) in [6, 6.07) is 2.96. The minimum atomic E-state index is -0.922. The first kappa shape index (κ1) is 14.9. The number of nitrogens with zero attached hydrogens (tertiary/aromatic N) is 1. The van der Waals surface area contributed by atoms with E-state index >= 15 is 0 Å². The molecule has 0 amide bonds. The predicted molar refractivity (Wildman–Crippen MR) is 67.5 cm³/mol. The van der Waals surface area contributed by atoms with Crippen LogP contribution in [0.15, 0.2) is 12.1 Å². The molecule has 0 atom stereocenters. The fourth-order valence-electron chi connectivity index (χ4n) is 1.38. The van der Waals surface area contributed by atoms with Crippen molar-refractivity contribution in [2.24, 2.45) is 0 Å². The zero-order chi connectivity index (χ0) is 14.3. The average Bonchev–Trinajstić information content (AvgIpc) is 2.39. The number of carbonyl (C=O) groups is 2. The second-order valence-electron chi connectivity index (χ2n) is 3.42. The maximum Gasteiger partial charge on any atom is 0.379 e. The maximum absolute atomic E-state index is 11.9. The van der Waals surface area contributed by atoms with E-state index in [1.165, 1.54) is 12.1 Å². The third kappa shape index (κ3) is 3.94. The molecule has 1 aromatic rings. The highest BCUT2D eigenvalue weighted by Gasteiger charge is 2.23. The van der Waals surface area contributed by atoms with E-state index in [9.17, 15) is 9.59 Å². The number of hydrogen-bond acceptors (Lipinski definition) is 6. The molecule has 0 spiro atoms. The van der Waals surface area contributed by atoms with Crippen LogP contribution in [0.5, 0.6) is 11.8 Å². The Morgan fingerprint density at radius 2 is 1.74 bits per heavy atom. The summed E-state index contributed by atoms with van der Waals surface area (Å²) in [5, 5.41) is 0. The molecule has 0 aliphatic carbocycles. The van der Waals surface area contributed by atoms with Crippen LogP contribution in [0.1, 0.15) is 31.1 Å². The van der Waals surface area contributed by atoms with Crippen molar-refractivity contribution in [3.8, 4) is 11.8 Å². The van der Waals surface area contributed by atoms with E-state index < -0.39 is 11.8 Å². The van der Waals surface area contributed by atoms with Crippen LogP contribution in [0, 0.1) is 0 Å². The van der Waals surface area contributed by atoms with Crippen molar-refractivity contribution in [3.05, 3.63) is 17.7 Å². The van der Waals surface area contributed by atoms with Gasteiger partial charge in [-0.1, -0.05) is 0 Å². The topological polar surface area (TPSA) is 74.7 Å². The summed E-state index contributed by atoms with van der Waals surface area (Å²) in [7, 11) is 0. The van der Waals surface area contributed by atoms with Gasteiger partial charge < -0.3 is 14.2 Å². The second kappa shape index (κ2) is 7.35. The lowest BCUT2D eigenvalue weighted by molar-refractivity contribution is -0.137. The highest BCUT2D eigenvalue weighted by Crippen LogP contribution is 2.21. The number of aromatic nitrogens is 1. The lowest BCUT2D eigenvalue weighted by atomic mass is 10.2. The van der Waals surface area contributed by atoms with E-state index in [1.54, 1.807) is 13.8 Å². The summed E-state index contributed by atoms with van der Waals surface area (Å²) in [4.78, 5) is 27.3. The van der Waals surface area contributed by atoms with Gasteiger partial charge in [0.1, 0.15) is 0 Å². The van der Waals surface area contributed by atoms with E-state index in [0.717, 1.165) is 0 Å². The van der Waals surface area contributed by atoms with Gasteiger partial charge in [0.05, 0.1) is 25.4 Å². The predicted octanol–water partition coefficient (Wildman–Crippen LogP) is 1.62. The Bertz CT molecular complexity index is 458. The Morgan fingerprint density at radius 3 is 2.32 bits per heavy atom. The van der Waals surface area contributed by atoms with Crippen LogP contribution < -0.4 is 9.47 Å². The molecule has 0 aromatic carbocycles. The summed E-state index contributed by atoms with van der Waals surface area (Å²) < 4.78 is 15.1. The van der Waals surface area contributed by atoms with Crippen molar-refractivity contribution in [2.45, 2.75) is 20.8 Å². The van der Waals surface area contributed by atoms with E-state index in [0.29, 0.717) is 19.1 Å². The Labute approximate surface area is 111 Å². The van der Waals surface area contributed by atoms with Crippen molar-refractivity contribution in [2.75, 3.05) is 19.8 Å². The van der Waals surface area contributed by atoms with Crippen molar-refractivity contribution in [3.63, 3.8) is 0 Å². The number of carbonyl (C=O) groups excluding carboxylic acids is 2. The van der Waals surface area contributed by atoms with Crippen LogP contribution in [0.25, 0.3) is 0 Å². The van der Waals surface area contributed by atoms with Crippen LogP contribution in [0.4, 0.5) is 0 Å². The quantitative estimate of drug-likeness (QED) is 0.424. The van der Waals surface area contributed by atoms with Crippen molar-refractivity contribution < 1.29 is 23.8 Å². The van der Waals surface area contributed by atoms with Crippen LogP contribution in [0.3, 0.4) is 0 Å². The molecule has 0 N–H and O–H groups in total. The van der Waals surface area contributed by atoms with Gasteiger partial charge in [0.25, 0.3) is 5.78 Å². The van der Waals surface area contributed by atoms with Gasteiger partial charge in [-0.2, -0.15) is 4.98 Å². The summed E-state index contributed by atoms with van der Waals surface area (Å²) >= 11 is 0. The van der Waals surface area contributed by atoms with Gasteiger partial charge in [-0.15, -0.1) is 0 Å². The average molecular weight is 267 g/mol. The Kier molecular flexibility index (Phi) is 5.78. The lowest BCUT2D eigenvalue weighted by Crippen LogP contribution is -2.19. The first-order chi connectivity index (χ1) is 9.13. The third-order valence-corrected chi connectivity index (χ3v) is 2.11. The van der Waals surface area contributed by atoms with Crippen LogP contribution in [-0.4, -0.2) is 36.6 Å². The minimum absolute atomic E-state index is 0.0729. The number of hydrogen-bond donors (Lipinski definition) is 0. The molecular formula is C13H17NO5. The van der Waals surface area contributed by atoms with Crippen LogP contribution in [0.2, 0.25) is 0 Å². The second-order valence-corrected chi connectivity index (χ2v) is 3.42. The first-order valence-electron chi connectivity index (χ1n) is 6.12. The normalized spacial score (nSPS) is 9.84. The molecule has 0 fully saturated rings. The first-order valence-corrected chi connectivity index (χ1v) is 6.12. The summed E-state index contributed by atoms with van der Waals surface area (Å²) in [6.45, 7) is 6.12. The van der Waals surface area contributed by atoms with Crippen molar-refractivity contribution in [1.82, 2.24) is 4.98 Å². The molecule has 6 heteroatoms. The summed E-state index contributed by atoms with van der Waals surface area (Å²) in [5.41, 5.74) is 0.0729. The molecule has 0 bridgehead atoms. The molecule has 104 valence electrons. The fourth-order valence-corrected chi connectivity index (χ4v) is 1.38. The van der Waals surface area contributed by atoms with Crippen molar-refractivity contribution >= 4 is 11.8 Å². The number of Topliss-reactive ketones (excluding diaryl/α,β-unsaturated/α-hetero) is 1. The molecule has 0 unspecified atom stereocenters. The number of ether oxygens (including phenoxy) is 3. The number of rotatable bonds is 7. The highest BCUT2D eigenvalue weighted by molar-refractivity contribution is 6.41. The summed E-state index contributed by atoms with van der Waals surface area (Å²) in [6.07, 6.45) is 0. The number of ketones is 1. The highest BCUT2D eigenvalue weighted by atomic mass is 16.5. The number of esters is 1. The lowest BCUT2D eigenvalue weighted by Gasteiger charge is -2.10. The minimum Gasteiger partial charge on any atom is -0.478 e. The smallest absolute Gasteiger partial charge is 0.379 e. The molecule has 1 aromatic heterocycles. The SMILES string of the molecule is CCOC(=O)C(=O)c1ccc(OCC)nc1OCC. The van der Waals surface area contributed by atoms with Crippen LogP contribution >= 0.6 is 0 Å². The Hall–Kier alpha value is -2.11. The van der Waals surface area contributed by atoms with Gasteiger partial charge in [0.2, 0.25) is 11.8 Å². The molecular weight excluding hydrogens is 250 g/mol. The molecule has 0 aliphatic heterocycles. The van der Waals surface area contributed by atoms with Gasteiger partial charge in [-0.05, 0) is 26.8 Å². The van der Waals surface area contributed by atoms with Gasteiger partial charge in [-0.3, -0.25) is 4.79 Å². The van der Waals surface area contributed by atoms with Crippen LogP contribution in [-0.2, 0) is 9.53 Å². The molecule has 0 radical (unpaired) electrons. The summed E-state index contributed by atoms with van der Waals surface area (Å²) in [5.74, 6) is -1.28. The molecule has 0 aliphatic rings. The Morgan fingerprint density at radius 1 is 1.05 bits per heavy atom. The molecule has 19 heavy (non-hydrogen) atoms. The number of pyridine rings is 1. The fraction of sp³-hybridized carbons (Fsp3) is 0.462. The van der Waals surface area contributed by atoms with E-state index in [2.05, 4.69) is 9.72 Å². The molecule has 0 saturated carbocycles. The van der Waals surface area contributed by atoms with E-state index in [1.807, 2.05) is 6.92 Å². The zero-order valence-electron chi connectivity index (χ0n) is 11.3. The third-order valence-electron chi connectivity index (χ3n) is 2.11. The van der Waals surface area contributed by atoms with E-state index in [-0.39, 0.29) is 18.1 Å².